The highest BCUT2D eigenvalue weighted by molar-refractivity contribution is 8.02. The van der Waals surface area contributed by atoms with E-state index in [2.05, 4.69) is 11.9 Å². The van der Waals surface area contributed by atoms with Gasteiger partial charge in [-0.15, -0.1) is 11.8 Å². The van der Waals surface area contributed by atoms with Gasteiger partial charge in [0.1, 0.15) is 0 Å². The van der Waals surface area contributed by atoms with Crippen molar-refractivity contribution in [2.45, 2.75) is 39.2 Å². The number of hydrogen-bond donors (Lipinski definition) is 2. The van der Waals surface area contributed by atoms with Crippen molar-refractivity contribution in [1.82, 2.24) is 5.32 Å². The normalized spacial score (nSPS) is 14.1. The smallest absolute Gasteiger partial charge is 0.303 e. The van der Waals surface area contributed by atoms with Gasteiger partial charge >= 0.3 is 5.97 Å². The second-order valence-electron chi connectivity index (χ2n) is 4.63. The number of carbonyl (C=O) groups is 2. The average molecular weight is 285 g/mol. The molecule has 5 heteroatoms. The number of rotatable bonds is 9. The van der Waals surface area contributed by atoms with Gasteiger partial charge in [0.15, 0.2) is 0 Å². The number of thioether (sulfide) groups is 1. The molecule has 0 aromatic carbocycles. The van der Waals surface area contributed by atoms with Gasteiger partial charge in [0.05, 0.1) is 12.8 Å². The fraction of sp³-hybridized carbons (Fsp3) is 0.571. The van der Waals surface area contributed by atoms with E-state index in [1.54, 1.807) is 0 Å². The summed E-state index contributed by atoms with van der Waals surface area (Å²) in [6, 6.07) is 0.0374. The predicted octanol–water partition coefficient (Wildman–Crippen LogP) is 2.82. The molecule has 0 heterocycles. The number of carbonyl (C=O) groups excluding carboxylic acids is 1. The van der Waals surface area contributed by atoms with Crippen molar-refractivity contribution in [1.29, 1.82) is 0 Å². The van der Waals surface area contributed by atoms with Crippen LogP contribution in [0.1, 0.15) is 33.1 Å². The molecule has 0 aliphatic carbocycles. The van der Waals surface area contributed by atoms with Crippen LogP contribution in [-0.2, 0) is 9.59 Å². The number of hydrogen-bond acceptors (Lipinski definition) is 3. The van der Waals surface area contributed by atoms with E-state index in [9.17, 15) is 9.59 Å². The first-order valence-corrected chi connectivity index (χ1v) is 7.47. The molecule has 0 radical (unpaired) electrons. The quantitative estimate of drug-likeness (QED) is 0.639. The largest absolute Gasteiger partial charge is 0.481 e. The van der Waals surface area contributed by atoms with Crippen molar-refractivity contribution in [2.75, 3.05) is 6.26 Å². The molecule has 19 heavy (non-hydrogen) atoms. The van der Waals surface area contributed by atoms with Gasteiger partial charge in [-0.25, -0.2) is 0 Å². The first-order valence-electron chi connectivity index (χ1n) is 6.24. The summed E-state index contributed by atoms with van der Waals surface area (Å²) in [7, 11) is 0. The minimum atomic E-state index is -0.797. The van der Waals surface area contributed by atoms with Crippen LogP contribution in [-0.4, -0.2) is 29.3 Å². The summed E-state index contributed by atoms with van der Waals surface area (Å²) in [5.74, 6) is -0.815. The Morgan fingerprint density at radius 1 is 1.42 bits per heavy atom. The molecule has 1 amide bonds. The zero-order chi connectivity index (χ0) is 14.8. The fourth-order valence-corrected chi connectivity index (χ4v) is 1.77. The van der Waals surface area contributed by atoms with E-state index in [1.165, 1.54) is 11.8 Å². The SMILES string of the molecule is C=C(CC(=O)NC(C)CC=CC(C)CC(=O)O)SC. The van der Waals surface area contributed by atoms with Crippen LogP contribution in [0.2, 0.25) is 0 Å². The highest BCUT2D eigenvalue weighted by Gasteiger charge is 2.08. The van der Waals surface area contributed by atoms with Crippen molar-refractivity contribution in [2.24, 2.45) is 5.92 Å². The van der Waals surface area contributed by atoms with Crippen LogP contribution in [0, 0.1) is 5.92 Å². The maximum absolute atomic E-state index is 11.6. The molecule has 0 saturated heterocycles. The predicted molar refractivity (Wildman–Crippen MR) is 80.1 cm³/mol. The van der Waals surface area contributed by atoms with Crippen LogP contribution in [0.3, 0.4) is 0 Å². The summed E-state index contributed by atoms with van der Waals surface area (Å²) < 4.78 is 0. The van der Waals surface area contributed by atoms with Gasteiger partial charge < -0.3 is 10.4 Å². The van der Waals surface area contributed by atoms with Crippen LogP contribution in [0.5, 0.6) is 0 Å². The third-order valence-electron chi connectivity index (χ3n) is 2.50. The topological polar surface area (TPSA) is 66.4 Å². The van der Waals surface area contributed by atoms with Crippen LogP contribution in [0.4, 0.5) is 0 Å². The summed E-state index contributed by atoms with van der Waals surface area (Å²) in [5, 5.41) is 11.5. The number of allylic oxidation sites excluding steroid dienone is 1. The lowest BCUT2D eigenvalue weighted by molar-refractivity contribution is -0.137. The highest BCUT2D eigenvalue weighted by Crippen LogP contribution is 2.12. The highest BCUT2D eigenvalue weighted by atomic mass is 32.2. The molecule has 2 unspecified atom stereocenters. The molecule has 4 nitrogen and oxygen atoms in total. The minimum absolute atomic E-state index is 0.0108. The van der Waals surface area contributed by atoms with E-state index in [0.29, 0.717) is 12.8 Å². The Labute approximate surface area is 119 Å². The zero-order valence-electron chi connectivity index (χ0n) is 11.8. The average Bonchev–Trinajstić information content (AvgIpc) is 2.27. The molecule has 0 aromatic heterocycles. The third kappa shape index (κ3) is 10.4. The molecule has 0 aliphatic heterocycles. The Morgan fingerprint density at radius 2 is 2.05 bits per heavy atom. The Balaban J connectivity index is 3.94. The maximum atomic E-state index is 11.6. The molecule has 0 rings (SSSR count). The van der Waals surface area contributed by atoms with Crippen LogP contribution in [0.15, 0.2) is 23.6 Å². The Morgan fingerprint density at radius 3 is 2.58 bits per heavy atom. The minimum Gasteiger partial charge on any atom is -0.481 e. The number of nitrogens with one attached hydrogen (secondary N) is 1. The van der Waals surface area contributed by atoms with E-state index in [1.807, 2.05) is 32.3 Å². The van der Waals surface area contributed by atoms with Crippen LogP contribution >= 0.6 is 11.8 Å². The zero-order valence-corrected chi connectivity index (χ0v) is 12.6. The molecule has 0 spiro atoms. The van der Waals surface area contributed by atoms with Crippen LogP contribution < -0.4 is 5.32 Å². The molecule has 0 aliphatic rings. The van der Waals surface area contributed by atoms with E-state index in [0.717, 1.165) is 4.91 Å². The second kappa shape index (κ2) is 9.67. The van der Waals surface area contributed by atoms with E-state index < -0.39 is 5.97 Å². The monoisotopic (exact) mass is 285 g/mol. The lowest BCUT2D eigenvalue weighted by Crippen LogP contribution is -2.32. The van der Waals surface area contributed by atoms with Crippen molar-refractivity contribution < 1.29 is 14.7 Å². The Hall–Kier alpha value is -1.23. The first-order chi connectivity index (χ1) is 8.85. The Kier molecular flexibility index (Phi) is 9.04. The summed E-state index contributed by atoms with van der Waals surface area (Å²) in [6.45, 7) is 7.55. The number of amides is 1. The van der Waals surface area contributed by atoms with E-state index in [-0.39, 0.29) is 24.3 Å². The number of carboxylic acid groups (broad SMARTS) is 1. The van der Waals surface area contributed by atoms with Gasteiger partial charge in [0.25, 0.3) is 0 Å². The van der Waals surface area contributed by atoms with Gasteiger partial charge in [-0.3, -0.25) is 9.59 Å². The lowest BCUT2D eigenvalue weighted by Gasteiger charge is -2.12. The van der Waals surface area contributed by atoms with Gasteiger partial charge in [-0.2, -0.15) is 0 Å². The molecular weight excluding hydrogens is 262 g/mol. The van der Waals surface area contributed by atoms with Crippen molar-refractivity contribution in [3.63, 3.8) is 0 Å². The van der Waals surface area contributed by atoms with Gasteiger partial charge in [0.2, 0.25) is 5.91 Å². The van der Waals surface area contributed by atoms with Crippen molar-refractivity contribution in [3.8, 4) is 0 Å². The van der Waals surface area contributed by atoms with Crippen LogP contribution in [0.25, 0.3) is 0 Å². The summed E-state index contributed by atoms with van der Waals surface area (Å²) in [5.41, 5.74) is 0. The Bertz CT molecular complexity index is 353. The van der Waals surface area contributed by atoms with Crippen molar-refractivity contribution in [3.05, 3.63) is 23.6 Å². The summed E-state index contributed by atoms with van der Waals surface area (Å²) in [6.07, 6.45) is 6.85. The third-order valence-corrected chi connectivity index (χ3v) is 3.23. The molecule has 2 N–H and O–H groups in total. The van der Waals surface area contributed by atoms with Crippen molar-refractivity contribution >= 4 is 23.6 Å². The molecule has 2 atom stereocenters. The number of carboxylic acids is 1. The number of aliphatic carboxylic acids is 1. The first kappa shape index (κ1) is 17.8. The molecular formula is C14H23NO3S. The lowest BCUT2D eigenvalue weighted by atomic mass is 10.1. The molecule has 0 bridgehead atoms. The van der Waals surface area contributed by atoms with E-state index >= 15 is 0 Å². The van der Waals surface area contributed by atoms with Gasteiger partial charge in [-0.1, -0.05) is 25.7 Å². The standard InChI is InChI=1S/C14H23NO3S/c1-10(8-14(17)18)6-5-7-11(2)15-13(16)9-12(3)19-4/h5-6,10-11H,3,7-9H2,1-2,4H3,(H,15,16)(H,17,18). The van der Waals surface area contributed by atoms with Gasteiger partial charge in [0, 0.05) is 6.04 Å². The molecule has 108 valence electrons. The molecule has 0 saturated carbocycles. The summed E-state index contributed by atoms with van der Waals surface area (Å²) in [4.78, 5) is 22.9. The van der Waals surface area contributed by atoms with Gasteiger partial charge in [-0.05, 0) is 30.4 Å². The molecule has 0 fully saturated rings. The maximum Gasteiger partial charge on any atom is 0.303 e. The second-order valence-corrected chi connectivity index (χ2v) is 5.61. The fourth-order valence-electron chi connectivity index (χ4n) is 1.49. The van der Waals surface area contributed by atoms with E-state index in [4.69, 9.17) is 5.11 Å². The summed E-state index contributed by atoms with van der Waals surface area (Å²) >= 11 is 1.48. The molecule has 0 aromatic rings.